The normalized spacial score (nSPS) is 11.3. The zero-order valence-corrected chi connectivity index (χ0v) is 23.1. The van der Waals surface area contributed by atoms with Crippen molar-refractivity contribution in [3.8, 4) is 11.5 Å². The van der Waals surface area contributed by atoms with E-state index in [1.807, 2.05) is 55.5 Å². The topological polar surface area (TPSA) is 65.7 Å². The second-order valence-corrected chi connectivity index (χ2v) is 10.1. The second-order valence-electron chi connectivity index (χ2n) is 7.35. The highest BCUT2D eigenvalue weighted by Gasteiger charge is 2.14. The molecule has 0 saturated carbocycles. The van der Waals surface area contributed by atoms with Crippen molar-refractivity contribution >= 4 is 64.9 Å². The molecule has 0 bridgehead atoms. The molecule has 3 aromatic carbocycles. The SMILES string of the molecule is CCc1nc2ccc(Br)cc2c(=O)n1N=Cc1cc(Br)cc(OC)c1OCc1ccc(Br)cc1. The Labute approximate surface area is 222 Å². The first kappa shape index (κ1) is 24.6. The molecule has 0 aliphatic carbocycles. The Balaban J connectivity index is 1.76. The van der Waals surface area contributed by atoms with Crippen LogP contribution in [0.25, 0.3) is 10.9 Å². The van der Waals surface area contributed by atoms with E-state index >= 15 is 0 Å². The van der Waals surface area contributed by atoms with E-state index < -0.39 is 0 Å². The van der Waals surface area contributed by atoms with Gasteiger partial charge in [0.05, 0.1) is 24.2 Å². The van der Waals surface area contributed by atoms with Crippen LogP contribution < -0.4 is 15.0 Å². The molecule has 174 valence electrons. The number of methoxy groups -OCH3 is 1. The van der Waals surface area contributed by atoms with Crippen molar-refractivity contribution < 1.29 is 9.47 Å². The van der Waals surface area contributed by atoms with Crippen molar-refractivity contribution in [1.82, 2.24) is 9.66 Å². The molecule has 0 fully saturated rings. The van der Waals surface area contributed by atoms with Crippen molar-refractivity contribution in [2.45, 2.75) is 20.0 Å². The van der Waals surface area contributed by atoms with E-state index in [4.69, 9.17) is 9.47 Å². The van der Waals surface area contributed by atoms with E-state index in [0.29, 0.717) is 46.8 Å². The zero-order chi connectivity index (χ0) is 24.2. The first-order valence-corrected chi connectivity index (χ1v) is 12.8. The summed E-state index contributed by atoms with van der Waals surface area (Å²) in [4.78, 5) is 17.8. The molecular formula is C25H20Br3N3O3. The van der Waals surface area contributed by atoms with E-state index in [1.165, 1.54) is 4.68 Å². The van der Waals surface area contributed by atoms with Crippen LogP contribution in [-0.2, 0) is 13.0 Å². The summed E-state index contributed by atoms with van der Waals surface area (Å²) in [6, 6.07) is 17.0. The molecule has 4 rings (SSSR count). The maximum absolute atomic E-state index is 13.2. The average Bonchev–Trinajstić information content (AvgIpc) is 2.83. The maximum Gasteiger partial charge on any atom is 0.282 e. The Kier molecular flexibility index (Phi) is 7.85. The fourth-order valence-electron chi connectivity index (χ4n) is 3.39. The Morgan fingerprint density at radius 3 is 2.44 bits per heavy atom. The van der Waals surface area contributed by atoms with Gasteiger partial charge in [0.25, 0.3) is 5.56 Å². The Bertz CT molecular complexity index is 1430. The van der Waals surface area contributed by atoms with Crippen LogP contribution in [0.3, 0.4) is 0 Å². The number of ether oxygens (including phenoxy) is 2. The van der Waals surface area contributed by atoms with E-state index in [1.54, 1.807) is 19.4 Å². The van der Waals surface area contributed by atoms with Crippen LogP contribution in [-0.4, -0.2) is 23.0 Å². The lowest BCUT2D eigenvalue weighted by molar-refractivity contribution is 0.284. The smallest absolute Gasteiger partial charge is 0.282 e. The van der Waals surface area contributed by atoms with Gasteiger partial charge >= 0.3 is 0 Å². The number of nitrogens with zero attached hydrogens (tertiary/aromatic N) is 3. The van der Waals surface area contributed by atoms with E-state index in [2.05, 4.69) is 57.9 Å². The van der Waals surface area contributed by atoms with Crippen molar-refractivity contribution in [1.29, 1.82) is 0 Å². The molecule has 34 heavy (non-hydrogen) atoms. The lowest BCUT2D eigenvalue weighted by Gasteiger charge is -2.14. The van der Waals surface area contributed by atoms with Gasteiger partial charge < -0.3 is 9.47 Å². The molecule has 0 saturated heterocycles. The fraction of sp³-hybridized carbons (Fsp3) is 0.160. The molecule has 0 atom stereocenters. The van der Waals surface area contributed by atoms with Crippen LogP contribution in [0, 0.1) is 0 Å². The van der Waals surface area contributed by atoms with Gasteiger partial charge in [-0.15, -0.1) is 0 Å². The Morgan fingerprint density at radius 1 is 1.00 bits per heavy atom. The summed E-state index contributed by atoms with van der Waals surface area (Å²) in [6.07, 6.45) is 2.14. The standard InChI is InChI=1S/C25H20Br3N3O3/c1-3-23-30-21-9-8-18(27)11-20(21)25(32)31(23)29-13-16-10-19(28)12-22(33-2)24(16)34-14-15-4-6-17(26)7-5-15/h4-13H,3,14H2,1-2H3. The molecular weight excluding hydrogens is 630 g/mol. The van der Waals surface area contributed by atoms with Gasteiger partial charge in [0.2, 0.25) is 0 Å². The second kappa shape index (κ2) is 10.8. The lowest BCUT2D eigenvalue weighted by atomic mass is 10.2. The molecule has 0 N–H and O–H groups in total. The number of halogens is 3. The van der Waals surface area contributed by atoms with Gasteiger partial charge in [-0.2, -0.15) is 9.78 Å². The summed E-state index contributed by atoms with van der Waals surface area (Å²) in [7, 11) is 1.58. The molecule has 6 nitrogen and oxygen atoms in total. The van der Waals surface area contributed by atoms with Gasteiger partial charge in [0, 0.05) is 25.4 Å². The van der Waals surface area contributed by atoms with Crippen molar-refractivity contribution in [3.05, 3.63) is 95.3 Å². The number of aryl methyl sites for hydroxylation is 1. The minimum absolute atomic E-state index is 0.237. The van der Waals surface area contributed by atoms with Gasteiger partial charge in [-0.1, -0.05) is 66.8 Å². The minimum Gasteiger partial charge on any atom is -0.493 e. The maximum atomic E-state index is 13.2. The minimum atomic E-state index is -0.237. The highest BCUT2D eigenvalue weighted by atomic mass is 79.9. The average molecular weight is 650 g/mol. The predicted octanol–water partition coefficient (Wildman–Crippen LogP) is 6.72. The summed E-state index contributed by atoms with van der Waals surface area (Å²) in [5.74, 6) is 1.65. The van der Waals surface area contributed by atoms with E-state index in [0.717, 1.165) is 19.0 Å². The van der Waals surface area contributed by atoms with E-state index in [-0.39, 0.29) is 5.56 Å². The Morgan fingerprint density at radius 2 is 1.74 bits per heavy atom. The zero-order valence-electron chi connectivity index (χ0n) is 18.4. The first-order valence-electron chi connectivity index (χ1n) is 10.4. The third kappa shape index (κ3) is 5.42. The molecule has 4 aromatic rings. The molecule has 0 spiro atoms. The van der Waals surface area contributed by atoms with Crippen LogP contribution >= 0.6 is 47.8 Å². The van der Waals surface area contributed by atoms with Crippen LogP contribution in [0.2, 0.25) is 0 Å². The summed E-state index contributed by atoms with van der Waals surface area (Å²) >= 11 is 10.4. The highest BCUT2D eigenvalue weighted by molar-refractivity contribution is 9.11. The van der Waals surface area contributed by atoms with Gasteiger partial charge in [0.1, 0.15) is 12.4 Å². The molecule has 0 unspecified atom stereocenters. The monoisotopic (exact) mass is 647 g/mol. The molecule has 0 amide bonds. The largest absolute Gasteiger partial charge is 0.493 e. The van der Waals surface area contributed by atoms with Crippen LogP contribution in [0.4, 0.5) is 0 Å². The third-order valence-corrected chi connectivity index (χ3v) is 6.55. The summed E-state index contributed by atoms with van der Waals surface area (Å²) < 4.78 is 15.6. The van der Waals surface area contributed by atoms with E-state index in [9.17, 15) is 4.79 Å². The van der Waals surface area contributed by atoms with Crippen LogP contribution in [0.5, 0.6) is 11.5 Å². The molecule has 1 aromatic heterocycles. The highest BCUT2D eigenvalue weighted by Crippen LogP contribution is 2.34. The third-order valence-electron chi connectivity index (χ3n) is 5.07. The molecule has 0 aliphatic heterocycles. The predicted molar refractivity (Wildman–Crippen MR) is 145 cm³/mol. The number of fused-ring (bicyclic) bond motifs is 1. The first-order chi connectivity index (χ1) is 16.4. The van der Waals surface area contributed by atoms with Crippen molar-refractivity contribution in [2.75, 3.05) is 7.11 Å². The molecule has 9 heteroatoms. The van der Waals surface area contributed by atoms with Gasteiger partial charge in [0.15, 0.2) is 11.5 Å². The summed E-state index contributed by atoms with van der Waals surface area (Å²) in [5, 5.41) is 5.00. The molecule has 0 radical (unpaired) electrons. The quantitative estimate of drug-likeness (QED) is 0.209. The Hall–Kier alpha value is -2.49. The van der Waals surface area contributed by atoms with Gasteiger partial charge in [-0.3, -0.25) is 4.79 Å². The van der Waals surface area contributed by atoms with Crippen LogP contribution in [0.15, 0.2) is 77.9 Å². The van der Waals surface area contributed by atoms with Gasteiger partial charge in [-0.25, -0.2) is 4.98 Å². The lowest BCUT2D eigenvalue weighted by Crippen LogP contribution is -2.22. The number of aromatic nitrogens is 2. The van der Waals surface area contributed by atoms with Crippen molar-refractivity contribution in [3.63, 3.8) is 0 Å². The fourth-order valence-corrected chi connectivity index (χ4v) is 4.47. The number of rotatable bonds is 7. The number of hydrogen-bond donors (Lipinski definition) is 0. The number of benzene rings is 3. The summed E-state index contributed by atoms with van der Waals surface area (Å²) in [5.41, 5.74) is 2.06. The molecule has 0 aliphatic rings. The van der Waals surface area contributed by atoms with Gasteiger partial charge in [-0.05, 0) is 48.0 Å². The summed E-state index contributed by atoms with van der Waals surface area (Å²) in [6.45, 7) is 2.28. The number of hydrogen-bond acceptors (Lipinski definition) is 5. The van der Waals surface area contributed by atoms with Crippen molar-refractivity contribution in [2.24, 2.45) is 5.10 Å². The van der Waals surface area contributed by atoms with Crippen LogP contribution in [0.1, 0.15) is 23.9 Å². The molecule has 1 heterocycles.